The van der Waals surface area contributed by atoms with E-state index in [0.29, 0.717) is 39.4 Å². The smallest absolute Gasteiger partial charge is 0.331 e. The first kappa shape index (κ1) is 25.3. The van der Waals surface area contributed by atoms with Gasteiger partial charge in [-0.25, -0.2) is 4.79 Å². The Kier molecular flexibility index (Phi) is 8.37. The number of rotatable bonds is 9. The SMILES string of the molecule is CCCOc1ccc(CN2C(=O)NC(=O)/C(=C\c3cc(I)c(O)c(OC)c3)C2=O)cc1OCC. The normalized spacial score (nSPS) is 14.9. The van der Waals surface area contributed by atoms with Gasteiger partial charge in [0.25, 0.3) is 11.8 Å². The van der Waals surface area contributed by atoms with Gasteiger partial charge in [-0.15, -0.1) is 0 Å². The van der Waals surface area contributed by atoms with Crippen molar-refractivity contribution in [1.82, 2.24) is 10.2 Å². The van der Waals surface area contributed by atoms with E-state index < -0.39 is 17.8 Å². The van der Waals surface area contributed by atoms with Gasteiger partial charge in [-0.05, 0) is 77.4 Å². The summed E-state index contributed by atoms with van der Waals surface area (Å²) >= 11 is 1.92. The van der Waals surface area contributed by atoms with Crippen molar-refractivity contribution in [3.05, 3.63) is 50.6 Å². The van der Waals surface area contributed by atoms with E-state index >= 15 is 0 Å². The van der Waals surface area contributed by atoms with Gasteiger partial charge in [0.2, 0.25) is 0 Å². The number of barbiturate groups is 1. The van der Waals surface area contributed by atoms with Gasteiger partial charge >= 0.3 is 6.03 Å². The molecule has 34 heavy (non-hydrogen) atoms. The highest BCUT2D eigenvalue weighted by atomic mass is 127. The summed E-state index contributed by atoms with van der Waals surface area (Å²) in [5.74, 6) is -0.293. The lowest BCUT2D eigenvalue weighted by molar-refractivity contribution is -0.130. The monoisotopic (exact) mass is 580 g/mol. The van der Waals surface area contributed by atoms with Crippen molar-refractivity contribution >= 4 is 46.5 Å². The van der Waals surface area contributed by atoms with Crippen molar-refractivity contribution in [3.63, 3.8) is 0 Å². The van der Waals surface area contributed by atoms with E-state index in [4.69, 9.17) is 14.2 Å². The summed E-state index contributed by atoms with van der Waals surface area (Å²) in [6, 6.07) is 7.46. The summed E-state index contributed by atoms with van der Waals surface area (Å²) in [6.07, 6.45) is 2.19. The number of ether oxygens (including phenoxy) is 3. The number of benzene rings is 2. The van der Waals surface area contributed by atoms with E-state index in [9.17, 15) is 19.5 Å². The molecule has 0 aliphatic carbocycles. The molecule has 1 heterocycles. The number of carbonyl (C=O) groups excluding carboxylic acids is 3. The highest BCUT2D eigenvalue weighted by Gasteiger charge is 2.36. The Hall–Kier alpha value is -3.28. The molecule has 180 valence electrons. The van der Waals surface area contributed by atoms with Crippen LogP contribution in [0.1, 0.15) is 31.4 Å². The second-order valence-corrected chi connectivity index (χ2v) is 8.49. The molecule has 1 aliphatic heterocycles. The zero-order valence-electron chi connectivity index (χ0n) is 19.0. The van der Waals surface area contributed by atoms with Gasteiger partial charge < -0.3 is 19.3 Å². The van der Waals surface area contributed by atoms with Crippen molar-refractivity contribution < 1.29 is 33.7 Å². The Labute approximate surface area is 210 Å². The van der Waals surface area contributed by atoms with Crippen LogP contribution >= 0.6 is 22.6 Å². The summed E-state index contributed by atoms with van der Waals surface area (Å²) in [5.41, 5.74) is 0.879. The van der Waals surface area contributed by atoms with Crippen LogP contribution in [0.15, 0.2) is 35.9 Å². The quantitative estimate of drug-likeness (QED) is 0.263. The van der Waals surface area contributed by atoms with E-state index in [2.05, 4.69) is 5.32 Å². The molecule has 0 spiro atoms. The van der Waals surface area contributed by atoms with Crippen LogP contribution in [0, 0.1) is 3.57 Å². The van der Waals surface area contributed by atoms with Crippen molar-refractivity contribution in [2.75, 3.05) is 20.3 Å². The highest BCUT2D eigenvalue weighted by molar-refractivity contribution is 14.1. The molecule has 3 rings (SSSR count). The van der Waals surface area contributed by atoms with Gasteiger partial charge in [-0.1, -0.05) is 13.0 Å². The molecule has 2 aromatic carbocycles. The number of hydrogen-bond acceptors (Lipinski definition) is 7. The molecule has 1 aliphatic rings. The molecule has 0 bridgehead atoms. The lowest BCUT2D eigenvalue weighted by Gasteiger charge is -2.26. The number of carbonyl (C=O) groups is 3. The van der Waals surface area contributed by atoms with Crippen LogP contribution in [0.25, 0.3) is 6.08 Å². The van der Waals surface area contributed by atoms with Crippen molar-refractivity contribution in [2.24, 2.45) is 0 Å². The fraction of sp³-hybridized carbons (Fsp3) is 0.292. The lowest BCUT2D eigenvalue weighted by Crippen LogP contribution is -2.53. The topological polar surface area (TPSA) is 114 Å². The van der Waals surface area contributed by atoms with Gasteiger partial charge in [0.05, 0.1) is 30.4 Å². The molecule has 0 saturated carbocycles. The standard InChI is InChI=1S/C24H25IN2O7/c1-4-8-34-18-7-6-14(11-19(18)33-5-2)13-27-23(30)16(22(29)26-24(27)31)9-15-10-17(25)21(28)20(12-15)32-3/h6-7,9-12,28H,4-5,8,13H2,1-3H3,(H,26,29,31)/b16-9+. The lowest BCUT2D eigenvalue weighted by atomic mass is 10.1. The minimum Gasteiger partial charge on any atom is -0.504 e. The first-order valence-electron chi connectivity index (χ1n) is 10.6. The summed E-state index contributed by atoms with van der Waals surface area (Å²) in [7, 11) is 1.40. The van der Waals surface area contributed by atoms with Crippen molar-refractivity contribution in [2.45, 2.75) is 26.8 Å². The number of methoxy groups -OCH3 is 1. The summed E-state index contributed by atoms with van der Waals surface area (Å²) in [4.78, 5) is 39.0. The second kappa shape index (κ2) is 11.2. The van der Waals surface area contributed by atoms with Gasteiger partial charge in [0.1, 0.15) is 5.57 Å². The van der Waals surface area contributed by atoms with E-state index in [1.54, 1.807) is 24.3 Å². The molecule has 0 unspecified atom stereocenters. The van der Waals surface area contributed by atoms with Crippen LogP contribution in [0.4, 0.5) is 4.79 Å². The first-order chi connectivity index (χ1) is 16.3. The third-order valence-corrected chi connectivity index (χ3v) is 5.70. The van der Waals surface area contributed by atoms with Gasteiger partial charge in [0, 0.05) is 0 Å². The van der Waals surface area contributed by atoms with Crippen LogP contribution in [0.2, 0.25) is 0 Å². The molecule has 2 aromatic rings. The number of aromatic hydroxyl groups is 1. The number of nitrogens with zero attached hydrogens (tertiary/aromatic N) is 1. The van der Waals surface area contributed by atoms with Crippen LogP contribution in [0.5, 0.6) is 23.0 Å². The van der Waals surface area contributed by atoms with E-state index in [1.807, 2.05) is 36.4 Å². The molecule has 2 N–H and O–H groups in total. The summed E-state index contributed by atoms with van der Waals surface area (Å²) in [6.45, 7) is 4.73. The van der Waals surface area contributed by atoms with Crippen molar-refractivity contribution in [3.8, 4) is 23.0 Å². The van der Waals surface area contributed by atoms with Crippen LogP contribution in [-0.4, -0.2) is 48.2 Å². The first-order valence-corrected chi connectivity index (χ1v) is 11.7. The molecule has 4 amide bonds. The Morgan fingerprint density at radius 1 is 1.06 bits per heavy atom. The maximum atomic E-state index is 13.1. The highest BCUT2D eigenvalue weighted by Crippen LogP contribution is 2.34. The van der Waals surface area contributed by atoms with Crippen LogP contribution in [-0.2, 0) is 16.1 Å². The van der Waals surface area contributed by atoms with Crippen LogP contribution in [0.3, 0.4) is 0 Å². The predicted octanol–water partition coefficient (Wildman–Crippen LogP) is 3.85. The zero-order valence-corrected chi connectivity index (χ0v) is 21.2. The fourth-order valence-electron chi connectivity index (χ4n) is 3.27. The number of halogens is 1. The third kappa shape index (κ3) is 5.61. The summed E-state index contributed by atoms with van der Waals surface area (Å²) < 4.78 is 17.0. The number of imide groups is 2. The average molecular weight is 580 g/mol. The number of urea groups is 1. The molecule has 9 nitrogen and oxygen atoms in total. The van der Waals surface area contributed by atoms with Gasteiger partial charge in [-0.2, -0.15) is 0 Å². The number of hydrogen-bond donors (Lipinski definition) is 2. The zero-order chi connectivity index (χ0) is 24.8. The van der Waals surface area contributed by atoms with Crippen LogP contribution < -0.4 is 19.5 Å². The average Bonchev–Trinajstić information content (AvgIpc) is 2.81. The molecule has 0 aromatic heterocycles. The Morgan fingerprint density at radius 3 is 2.50 bits per heavy atom. The van der Waals surface area contributed by atoms with E-state index in [1.165, 1.54) is 19.3 Å². The number of nitrogens with one attached hydrogen (secondary N) is 1. The Bertz CT molecular complexity index is 1150. The fourth-order valence-corrected chi connectivity index (χ4v) is 3.90. The molecule has 10 heteroatoms. The minimum absolute atomic E-state index is 0.0436. The summed E-state index contributed by atoms with van der Waals surface area (Å²) in [5, 5.41) is 12.2. The largest absolute Gasteiger partial charge is 0.504 e. The number of amides is 4. The third-order valence-electron chi connectivity index (χ3n) is 4.88. The molecular weight excluding hydrogens is 555 g/mol. The molecule has 1 saturated heterocycles. The second-order valence-electron chi connectivity index (χ2n) is 7.32. The van der Waals surface area contributed by atoms with Gasteiger partial charge in [0.15, 0.2) is 23.0 Å². The maximum absolute atomic E-state index is 13.1. The van der Waals surface area contributed by atoms with E-state index in [-0.39, 0.29) is 23.6 Å². The molecule has 0 radical (unpaired) electrons. The number of phenols is 1. The Balaban J connectivity index is 1.90. The van der Waals surface area contributed by atoms with Crippen molar-refractivity contribution in [1.29, 1.82) is 0 Å². The number of phenolic OH excluding ortho intramolecular Hbond substituents is 1. The molecular formula is C24H25IN2O7. The maximum Gasteiger partial charge on any atom is 0.331 e. The minimum atomic E-state index is -0.811. The molecule has 1 fully saturated rings. The molecule has 0 atom stereocenters. The Morgan fingerprint density at radius 2 is 1.82 bits per heavy atom. The van der Waals surface area contributed by atoms with E-state index in [0.717, 1.165) is 11.3 Å². The van der Waals surface area contributed by atoms with Gasteiger partial charge in [-0.3, -0.25) is 19.8 Å². The predicted molar refractivity (Wildman–Crippen MR) is 133 cm³/mol.